The third-order valence-electron chi connectivity index (χ3n) is 3.61. The lowest BCUT2D eigenvalue weighted by molar-refractivity contribution is 0.0518. The average molecular weight is 384 g/mol. The Kier molecular flexibility index (Phi) is 4.47. The minimum atomic E-state index is -0.527. The van der Waals surface area contributed by atoms with E-state index in [0.29, 0.717) is 16.7 Å². The van der Waals surface area contributed by atoms with Gasteiger partial charge in [0.25, 0.3) is 0 Å². The smallest absolute Gasteiger partial charge is 0.358 e. The van der Waals surface area contributed by atoms with Crippen LogP contribution >= 0.6 is 11.3 Å². The van der Waals surface area contributed by atoms with Gasteiger partial charge in [-0.15, -0.1) is 26.6 Å². The van der Waals surface area contributed by atoms with Crippen LogP contribution < -0.4 is 5.32 Å². The molecule has 4 rings (SSSR count). The SMILES string of the molecule is CCOC(=O)c1ccc(Nc2nc3scc(-c4ccc(F)cc4)n3n2)nn1. The van der Waals surface area contributed by atoms with Crippen LogP contribution in [0.3, 0.4) is 0 Å². The second kappa shape index (κ2) is 7.08. The highest BCUT2D eigenvalue weighted by Crippen LogP contribution is 2.26. The van der Waals surface area contributed by atoms with Crippen molar-refractivity contribution < 1.29 is 13.9 Å². The largest absolute Gasteiger partial charge is 0.461 e. The van der Waals surface area contributed by atoms with E-state index in [4.69, 9.17) is 4.74 Å². The van der Waals surface area contributed by atoms with E-state index < -0.39 is 5.97 Å². The molecular formula is C17H13FN6O2S. The number of rotatable bonds is 5. The third-order valence-corrected chi connectivity index (χ3v) is 4.43. The molecule has 0 aliphatic rings. The maximum Gasteiger partial charge on any atom is 0.358 e. The molecule has 4 aromatic rings. The molecule has 0 atom stereocenters. The number of thiazole rings is 1. The Morgan fingerprint density at radius 3 is 2.74 bits per heavy atom. The fraction of sp³-hybridized carbons (Fsp3) is 0.118. The van der Waals surface area contributed by atoms with E-state index >= 15 is 0 Å². The average Bonchev–Trinajstić information content (AvgIpc) is 3.23. The van der Waals surface area contributed by atoms with Gasteiger partial charge in [-0.2, -0.15) is 4.98 Å². The van der Waals surface area contributed by atoms with Crippen LogP contribution in [0, 0.1) is 5.82 Å². The van der Waals surface area contributed by atoms with Crippen LogP contribution in [0.4, 0.5) is 16.2 Å². The van der Waals surface area contributed by atoms with Crippen molar-refractivity contribution in [3.63, 3.8) is 0 Å². The van der Waals surface area contributed by atoms with Crippen LogP contribution in [0.2, 0.25) is 0 Å². The molecule has 0 fully saturated rings. The second-order valence-corrected chi connectivity index (χ2v) is 6.24. The summed E-state index contributed by atoms with van der Waals surface area (Å²) in [4.78, 5) is 16.7. The van der Waals surface area contributed by atoms with Crippen molar-refractivity contribution in [2.75, 3.05) is 11.9 Å². The van der Waals surface area contributed by atoms with Gasteiger partial charge in [-0.3, -0.25) is 0 Å². The first kappa shape index (κ1) is 17.0. The number of hydrogen-bond acceptors (Lipinski definition) is 8. The highest BCUT2D eigenvalue weighted by atomic mass is 32.1. The molecule has 0 bridgehead atoms. The Bertz CT molecular complexity index is 1090. The molecule has 1 aromatic carbocycles. The molecule has 136 valence electrons. The minimum Gasteiger partial charge on any atom is -0.461 e. The zero-order valence-electron chi connectivity index (χ0n) is 14.1. The minimum absolute atomic E-state index is 0.125. The first-order valence-electron chi connectivity index (χ1n) is 8.02. The van der Waals surface area contributed by atoms with Crippen molar-refractivity contribution >= 4 is 34.0 Å². The van der Waals surface area contributed by atoms with Gasteiger partial charge in [0.1, 0.15) is 5.82 Å². The fourth-order valence-electron chi connectivity index (χ4n) is 2.38. The lowest BCUT2D eigenvalue weighted by Gasteiger charge is -2.02. The lowest BCUT2D eigenvalue weighted by atomic mass is 10.2. The second-order valence-electron chi connectivity index (χ2n) is 5.41. The summed E-state index contributed by atoms with van der Waals surface area (Å²) in [5.74, 6) is -0.0924. The molecule has 0 saturated heterocycles. The van der Waals surface area contributed by atoms with Crippen molar-refractivity contribution in [1.29, 1.82) is 0 Å². The molecule has 27 heavy (non-hydrogen) atoms. The van der Waals surface area contributed by atoms with Crippen LogP contribution in [0.15, 0.2) is 41.8 Å². The highest BCUT2D eigenvalue weighted by molar-refractivity contribution is 7.15. The number of hydrogen-bond donors (Lipinski definition) is 1. The standard InChI is InChI=1S/C17H13FN6O2S/c1-2-26-15(25)12-7-8-14(22-21-12)19-16-20-17-24(23-16)13(9-27-17)10-3-5-11(18)6-4-10/h3-9H,2H2,1H3,(H,19,22,23). The Morgan fingerprint density at radius 2 is 2.04 bits per heavy atom. The van der Waals surface area contributed by atoms with Crippen molar-refractivity contribution in [2.45, 2.75) is 6.92 Å². The summed E-state index contributed by atoms with van der Waals surface area (Å²) in [5.41, 5.74) is 1.76. The molecule has 3 aromatic heterocycles. The summed E-state index contributed by atoms with van der Waals surface area (Å²) >= 11 is 1.41. The van der Waals surface area contributed by atoms with Gasteiger partial charge < -0.3 is 10.1 Å². The third kappa shape index (κ3) is 3.47. The number of fused-ring (bicyclic) bond motifs is 1. The van der Waals surface area contributed by atoms with Gasteiger partial charge in [-0.25, -0.2) is 13.7 Å². The summed E-state index contributed by atoms with van der Waals surface area (Å²) < 4.78 is 19.7. The molecule has 8 nitrogen and oxygen atoms in total. The number of aromatic nitrogens is 5. The molecule has 0 unspecified atom stereocenters. The van der Waals surface area contributed by atoms with Crippen LogP contribution in [0.1, 0.15) is 17.4 Å². The number of nitrogens with zero attached hydrogens (tertiary/aromatic N) is 5. The van der Waals surface area contributed by atoms with Crippen LogP contribution in [-0.4, -0.2) is 37.4 Å². The Labute approximate surface area is 156 Å². The monoisotopic (exact) mass is 384 g/mol. The predicted molar refractivity (Wildman–Crippen MR) is 97.5 cm³/mol. The lowest BCUT2D eigenvalue weighted by Crippen LogP contribution is -2.08. The Morgan fingerprint density at radius 1 is 1.22 bits per heavy atom. The van der Waals surface area contributed by atoms with E-state index in [1.165, 1.54) is 29.5 Å². The van der Waals surface area contributed by atoms with Gasteiger partial charge in [-0.1, -0.05) is 0 Å². The van der Waals surface area contributed by atoms with E-state index in [-0.39, 0.29) is 18.1 Å². The number of anilines is 2. The molecular weight excluding hydrogens is 371 g/mol. The maximum absolute atomic E-state index is 13.1. The number of esters is 1. The molecule has 0 radical (unpaired) electrons. The van der Waals surface area contributed by atoms with Crippen molar-refractivity contribution in [3.8, 4) is 11.3 Å². The number of benzene rings is 1. The molecule has 0 amide bonds. The van der Waals surface area contributed by atoms with E-state index in [1.54, 1.807) is 29.6 Å². The van der Waals surface area contributed by atoms with E-state index in [1.807, 2.05) is 5.38 Å². The van der Waals surface area contributed by atoms with Crippen LogP contribution in [0.25, 0.3) is 16.2 Å². The summed E-state index contributed by atoms with van der Waals surface area (Å²) in [6.45, 7) is 1.99. The van der Waals surface area contributed by atoms with E-state index in [0.717, 1.165) is 11.3 Å². The molecule has 0 aliphatic heterocycles. The Balaban J connectivity index is 1.56. The van der Waals surface area contributed by atoms with Gasteiger partial charge in [-0.05, 0) is 43.3 Å². The van der Waals surface area contributed by atoms with Crippen LogP contribution in [-0.2, 0) is 4.74 Å². The predicted octanol–water partition coefficient (Wildman–Crippen LogP) is 3.31. The summed E-state index contributed by atoms with van der Waals surface area (Å²) in [6.07, 6.45) is 0. The zero-order valence-corrected chi connectivity index (χ0v) is 14.9. The van der Waals surface area contributed by atoms with E-state index in [9.17, 15) is 9.18 Å². The Hall–Kier alpha value is -3.40. The molecule has 1 N–H and O–H groups in total. The first-order chi connectivity index (χ1) is 13.1. The van der Waals surface area contributed by atoms with E-state index in [2.05, 4.69) is 25.6 Å². The topological polar surface area (TPSA) is 94.3 Å². The van der Waals surface area contributed by atoms with Crippen molar-refractivity contribution in [1.82, 2.24) is 24.8 Å². The molecule has 10 heteroatoms. The summed E-state index contributed by atoms with van der Waals surface area (Å²) in [6, 6.07) is 9.27. The maximum atomic E-state index is 13.1. The van der Waals surface area contributed by atoms with Gasteiger partial charge in [0.15, 0.2) is 11.5 Å². The number of halogens is 1. The van der Waals surface area contributed by atoms with Crippen molar-refractivity contribution in [3.05, 3.63) is 53.3 Å². The zero-order chi connectivity index (χ0) is 18.8. The van der Waals surface area contributed by atoms with Crippen LogP contribution in [0.5, 0.6) is 0 Å². The van der Waals surface area contributed by atoms with Crippen molar-refractivity contribution in [2.24, 2.45) is 0 Å². The quantitative estimate of drug-likeness (QED) is 0.528. The molecule has 3 heterocycles. The first-order valence-corrected chi connectivity index (χ1v) is 8.90. The summed E-state index contributed by atoms with van der Waals surface area (Å²) in [5, 5.41) is 17.0. The molecule has 0 aliphatic carbocycles. The normalized spacial score (nSPS) is 10.9. The van der Waals surface area contributed by atoms with Gasteiger partial charge in [0, 0.05) is 10.9 Å². The number of nitrogens with one attached hydrogen (secondary N) is 1. The summed E-state index contributed by atoms with van der Waals surface area (Å²) in [7, 11) is 0. The number of carbonyl (C=O) groups is 1. The molecule has 0 spiro atoms. The van der Waals surface area contributed by atoms with Gasteiger partial charge in [0.2, 0.25) is 10.9 Å². The van der Waals surface area contributed by atoms with Gasteiger partial charge >= 0.3 is 5.97 Å². The number of ether oxygens (including phenoxy) is 1. The highest BCUT2D eigenvalue weighted by Gasteiger charge is 2.13. The molecule has 0 saturated carbocycles. The van der Waals surface area contributed by atoms with Gasteiger partial charge in [0.05, 0.1) is 12.3 Å². The number of carbonyl (C=O) groups excluding carboxylic acids is 1. The fourth-order valence-corrected chi connectivity index (χ4v) is 3.21.